The SMILES string of the molecule is Cc1sc(C(=O)C2CC2C)cc1Br. The highest BCUT2D eigenvalue weighted by Crippen LogP contribution is 2.42. The Hall–Kier alpha value is -0.150. The normalized spacial score (nSPS) is 26.1. The van der Waals surface area contributed by atoms with Crippen molar-refractivity contribution in [3.8, 4) is 0 Å². The molecule has 0 radical (unpaired) electrons. The van der Waals surface area contributed by atoms with Crippen molar-refractivity contribution in [1.82, 2.24) is 0 Å². The zero-order valence-corrected chi connectivity index (χ0v) is 10.0. The van der Waals surface area contributed by atoms with Crippen molar-refractivity contribution in [3.63, 3.8) is 0 Å². The maximum Gasteiger partial charge on any atom is 0.176 e. The van der Waals surface area contributed by atoms with Crippen molar-refractivity contribution in [3.05, 3.63) is 20.3 Å². The molecule has 0 saturated heterocycles. The summed E-state index contributed by atoms with van der Waals surface area (Å²) in [6.07, 6.45) is 1.08. The molecule has 1 aromatic heterocycles. The highest BCUT2D eigenvalue weighted by Gasteiger charge is 2.39. The summed E-state index contributed by atoms with van der Waals surface area (Å²) in [5.74, 6) is 1.25. The minimum atomic E-state index is 0.310. The van der Waals surface area contributed by atoms with Gasteiger partial charge in [-0.15, -0.1) is 11.3 Å². The maximum absolute atomic E-state index is 11.8. The standard InChI is InChI=1S/C10H11BrOS/c1-5-3-7(5)10(12)9-4-8(11)6(2)13-9/h4-5,7H,3H2,1-2H3. The molecule has 1 fully saturated rings. The number of carbonyl (C=O) groups excluding carboxylic acids is 1. The van der Waals surface area contributed by atoms with E-state index in [-0.39, 0.29) is 0 Å². The highest BCUT2D eigenvalue weighted by molar-refractivity contribution is 9.10. The summed E-state index contributed by atoms with van der Waals surface area (Å²) < 4.78 is 1.06. The molecule has 0 bridgehead atoms. The fourth-order valence-electron chi connectivity index (χ4n) is 1.45. The second-order valence-electron chi connectivity index (χ2n) is 3.70. The number of thiophene rings is 1. The van der Waals surface area contributed by atoms with Crippen LogP contribution in [0.15, 0.2) is 10.5 Å². The fraction of sp³-hybridized carbons (Fsp3) is 0.500. The highest BCUT2D eigenvalue weighted by atomic mass is 79.9. The summed E-state index contributed by atoms with van der Waals surface area (Å²) in [6.45, 7) is 4.17. The van der Waals surface area contributed by atoms with Crippen LogP contribution in [-0.2, 0) is 0 Å². The first kappa shape index (κ1) is 9.41. The van der Waals surface area contributed by atoms with Crippen LogP contribution in [0.3, 0.4) is 0 Å². The predicted molar refractivity (Wildman–Crippen MR) is 58.4 cm³/mol. The molecule has 2 atom stereocenters. The van der Waals surface area contributed by atoms with E-state index in [2.05, 4.69) is 22.9 Å². The Morgan fingerprint density at radius 1 is 1.69 bits per heavy atom. The minimum absolute atomic E-state index is 0.310. The van der Waals surface area contributed by atoms with E-state index in [1.165, 1.54) is 4.88 Å². The topological polar surface area (TPSA) is 17.1 Å². The van der Waals surface area contributed by atoms with Gasteiger partial charge in [-0.25, -0.2) is 0 Å². The van der Waals surface area contributed by atoms with Crippen LogP contribution in [0.1, 0.15) is 27.9 Å². The zero-order chi connectivity index (χ0) is 9.59. The van der Waals surface area contributed by atoms with Gasteiger partial charge in [0.25, 0.3) is 0 Å². The van der Waals surface area contributed by atoms with Gasteiger partial charge >= 0.3 is 0 Å². The van der Waals surface area contributed by atoms with Gasteiger partial charge in [0.05, 0.1) is 4.88 Å². The molecule has 0 aliphatic heterocycles. The van der Waals surface area contributed by atoms with E-state index in [0.717, 1.165) is 15.8 Å². The predicted octanol–water partition coefficient (Wildman–Crippen LogP) is 3.66. The van der Waals surface area contributed by atoms with Crippen LogP contribution in [0.4, 0.5) is 0 Å². The van der Waals surface area contributed by atoms with Gasteiger partial charge in [-0.1, -0.05) is 6.92 Å². The van der Waals surface area contributed by atoms with Gasteiger partial charge in [-0.2, -0.15) is 0 Å². The molecule has 1 aliphatic rings. The number of halogens is 1. The van der Waals surface area contributed by atoms with Gasteiger partial charge in [-0.3, -0.25) is 4.79 Å². The molecular weight excluding hydrogens is 248 g/mol. The Bertz CT molecular complexity index is 336. The number of hydrogen-bond acceptors (Lipinski definition) is 2. The van der Waals surface area contributed by atoms with Gasteiger partial charge in [-0.05, 0) is 41.3 Å². The average Bonchev–Trinajstić information content (AvgIpc) is 2.70. The quantitative estimate of drug-likeness (QED) is 0.741. The van der Waals surface area contributed by atoms with Gasteiger partial charge in [0, 0.05) is 15.3 Å². The lowest BCUT2D eigenvalue weighted by molar-refractivity contribution is 0.0966. The van der Waals surface area contributed by atoms with Crippen LogP contribution >= 0.6 is 27.3 Å². The lowest BCUT2D eigenvalue weighted by Gasteiger charge is -1.91. The molecular formula is C10H11BrOS. The molecule has 2 rings (SSSR count). The molecule has 13 heavy (non-hydrogen) atoms. The molecule has 0 amide bonds. The molecule has 3 heteroatoms. The van der Waals surface area contributed by atoms with Gasteiger partial charge in [0.2, 0.25) is 0 Å². The number of rotatable bonds is 2. The first-order chi connectivity index (χ1) is 6.09. The molecule has 2 unspecified atom stereocenters. The van der Waals surface area contributed by atoms with E-state index in [0.29, 0.717) is 17.6 Å². The van der Waals surface area contributed by atoms with Gasteiger partial charge in [0.15, 0.2) is 5.78 Å². The van der Waals surface area contributed by atoms with Gasteiger partial charge in [0.1, 0.15) is 0 Å². The third kappa shape index (κ3) is 1.72. The molecule has 0 spiro atoms. The summed E-state index contributed by atoms with van der Waals surface area (Å²) in [7, 11) is 0. The van der Waals surface area contributed by atoms with Crippen LogP contribution in [0.5, 0.6) is 0 Å². The number of Topliss-reactive ketones (excluding diaryl/α,β-unsaturated/α-hetero) is 1. The van der Waals surface area contributed by atoms with Crippen molar-refractivity contribution >= 4 is 33.0 Å². The van der Waals surface area contributed by atoms with Crippen LogP contribution in [0, 0.1) is 18.8 Å². The van der Waals surface area contributed by atoms with Gasteiger partial charge < -0.3 is 0 Å². The molecule has 1 heterocycles. The smallest absolute Gasteiger partial charge is 0.176 e. The van der Waals surface area contributed by atoms with E-state index in [1.807, 2.05) is 13.0 Å². The largest absolute Gasteiger partial charge is 0.293 e. The number of ketones is 1. The number of aryl methyl sites for hydroxylation is 1. The Morgan fingerprint density at radius 3 is 2.69 bits per heavy atom. The van der Waals surface area contributed by atoms with Crippen LogP contribution in [0.2, 0.25) is 0 Å². The summed E-state index contributed by atoms with van der Waals surface area (Å²) in [6, 6.07) is 1.95. The van der Waals surface area contributed by atoms with E-state index in [4.69, 9.17) is 0 Å². The van der Waals surface area contributed by atoms with Crippen LogP contribution in [0.25, 0.3) is 0 Å². The minimum Gasteiger partial charge on any atom is -0.293 e. The molecule has 0 aromatic carbocycles. The summed E-state index contributed by atoms with van der Waals surface area (Å²) in [4.78, 5) is 13.9. The lowest BCUT2D eigenvalue weighted by atomic mass is 10.2. The molecule has 1 nitrogen and oxygen atoms in total. The van der Waals surface area contributed by atoms with Crippen LogP contribution < -0.4 is 0 Å². The fourth-order valence-corrected chi connectivity index (χ4v) is 2.99. The molecule has 70 valence electrons. The molecule has 1 saturated carbocycles. The molecule has 1 aliphatic carbocycles. The zero-order valence-electron chi connectivity index (χ0n) is 7.63. The second-order valence-corrected chi connectivity index (χ2v) is 5.81. The van der Waals surface area contributed by atoms with Crippen molar-refractivity contribution in [2.75, 3.05) is 0 Å². The maximum atomic E-state index is 11.8. The average molecular weight is 259 g/mol. The third-order valence-electron chi connectivity index (χ3n) is 2.55. The van der Waals surface area contributed by atoms with Crippen molar-refractivity contribution < 1.29 is 4.79 Å². The van der Waals surface area contributed by atoms with Crippen molar-refractivity contribution in [2.45, 2.75) is 20.3 Å². The van der Waals surface area contributed by atoms with E-state index in [1.54, 1.807) is 11.3 Å². The number of hydrogen-bond donors (Lipinski definition) is 0. The van der Waals surface area contributed by atoms with E-state index < -0.39 is 0 Å². The molecule has 1 aromatic rings. The van der Waals surface area contributed by atoms with Crippen LogP contribution in [-0.4, -0.2) is 5.78 Å². The Morgan fingerprint density at radius 2 is 2.31 bits per heavy atom. The summed E-state index contributed by atoms with van der Waals surface area (Å²) in [5, 5.41) is 0. The Balaban J connectivity index is 2.21. The summed E-state index contributed by atoms with van der Waals surface area (Å²) >= 11 is 5.02. The first-order valence-electron chi connectivity index (χ1n) is 4.39. The van der Waals surface area contributed by atoms with Crippen molar-refractivity contribution in [2.24, 2.45) is 11.8 Å². The Labute approximate surface area is 90.3 Å². The third-order valence-corrected chi connectivity index (χ3v) is 4.70. The van der Waals surface area contributed by atoms with Crippen molar-refractivity contribution in [1.29, 1.82) is 0 Å². The Kier molecular flexibility index (Phi) is 2.32. The molecule has 0 N–H and O–H groups in total. The number of carbonyl (C=O) groups is 1. The monoisotopic (exact) mass is 258 g/mol. The second kappa shape index (κ2) is 3.21. The van der Waals surface area contributed by atoms with E-state index >= 15 is 0 Å². The van der Waals surface area contributed by atoms with E-state index in [9.17, 15) is 4.79 Å². The summed E-state index contributed by atoms with van der Waals surface area (Å²) in [5.41, 5.74) is 0. The lowest BCUT2D eigenvalue weighted by Crippen LogP contribution is -1.99. The first-order valence-corrected chi connectivity index (χ1v) is 6.00.